The third-order valence-electron chi connectivity index (χ3n) is 3.15. The van der Waals surface area contributed by atoms with Gasteiger partial charge in [0, 0.05) is 12.1 Å². The van der Waals surface area contributed by atoms with E-state index < -0.39 is 0 Å². The van der Waals surface area contributed by atoms with Gasteiger partial charge in [-0.2, -0.15) is 0 Å². The first-order chi connectivity index (χ1) is 8.13. The van der Waals surface area contributed by atoms with Crippen LogP contribution >= 0.6 is 0 Å². The van der Waals surface area contributed by atoms with Crippen LogP contribution in [0, 0.1) is 0 Å². The lowest BCUT2D eigenvalue weighted by molar-refractivity contribution is 0.436. The van der Waals surface area contributed by atoms with Crippen LogP contribution in [0.25, 0.3) is 0 Å². The molecule has 0 aliphatic rings. The Kier molecular flexibility index (Phi) is 6.06. The molecule has 96 valence electrons. The summed E-state index contributed by atoms with van der Waals surface area (Å²) in [5.74, 6) is 0.342. The van der Waals surface area contributed by atoms with Crippen molar-refractivity contribution in [3.8, 4) is 5.75 Å². The minimum absolute atomic E-state index is 0.290. The normalized spacial score (nSPS) is 14.5. The van der Waals surface area contributed by atoms with Gasteiger partial charge in [0.25, 0.3) is 0 Å². The Morgan fingerprint density at radius 2 is 2.00 bits per heavy atom. The summed E-state index contributed by atoms with van der Waals surface area (Å²) in [6.07, 6.45) is 5.09. The molecule has 0 fully saturated rings. The van der Waals surface area contributed by atoms with Gasteiger partial charge in [0.15, 0.2) is 0 Å². The van der Waals surface area contributed by atoms with Crippen LogP contribution in [0.15, 0.2) is 24.3 Å². The van der Waals surface area contributed by atoms with E-state index in [1.165, 1.54) is 25.7 Å². The molecule has 1 aromatic carbocycles. The molecule has 1 rings (SSSR count). The van der Waals surface area contributed by atoms with E-state index in [9.17, 15) is 5.11 Å². The molecular formula is C15H25NO. The minimum Gasteiger partial charge on any atom is -0.508 e. The van der Waals surface area contributed by atoms with Crippen molar-refractivity contribution in [2.75, 3.05) is 0 Å². The van der Waals surface area contributed by atoms with Crippen molar-refractivity contribution >= 4 is 0 Å². The number of rotatable bonds is 7. The van der Waals surface area contributed by atoms with Gasteiger partial charge in [-0.25, -0.2) is 0 Å². The highest BCUT2D eigenvalue weighted by Crippen LogP contribution is 2.18. The molecule has 0 aliphatic carbocycles. The second-order valence-corrected chi connectivity index (χ2v) is 4.88. The van der Waals surface area contributed by atoms with Crippen LogP contribution in [0.1, 0.15) is 58.1 Å². The number of phenolic OH excluding ortho intramolecular Hbond substituents is 1. The molecule has 2 N–H and O–H groups in total. The van der Waals surface area contributed by atoms with Crippen LogP contribution in [0.2, 0.25) is 0 Å². The van der Waals surface area contributed by atoms with Gasteiger partial charge in [0.1, 0.15) is 5.75 Å². The number of nitrogens with one attached hydrogen (secondary N) is 1. The third kappa shape index (κ3) is 5.22. The molecule has 2 unspecified atom stereocenters. The molecule has 0 amide bonds. The lowest BCUT2D eigenvalue weighted by Crippen LogP contribution is -2.28. The zero-order chi connectivity index (χ0) is 12.7. The fourth-order valence-electron chi connectivity index (χ4n) is 2.10. The van der Waals surface area contributed by atoms with Crippen LogP contribution in [-0.4, -0.2) is 11.1 Å². The Bertz CT molecular complexity index is 324. The van der Waals surface area contributed by atoms with Crippen molar-refractivity contribution in [3.05, 3.63) is 29.8 Å². The maximum atomic E-state index is 9.44. The molecule has 2 heteroatoms. The Morgan fingerprint density at radius 3 is 2.65 bits per heavy atom. The second kappa shape index (κ2) is 7.33. The number of benzene rings is 1. The fourth-order valence-corrected chi connectivity index (χ4v) is 2.10. The first-order valence-corrected chi connectivity index (χ1v) is 6.68. The van der Waals surface area contributed by atoms with Gasteiger partial charge in [-0.05, 0) is 38.0 Å². The van der Waals surface area contributed by atoms with Gasteiger partial charge in [0.05, 0.1) is 0 Å². The monoisotopic (exact) mass is 235 g/mol. The summed E-state index contributed by atoms with van der Waals surface area (Å²) in [7, 11) is 0. The quantitative estimate of drug-likeness (QED) is 0.700. The second-order valence-electron chi connectivity index (χ2n) is 4.88. The number of aromatic hydroxyl groups is 1. The van der Waals surface area contributed by atoms with Crippen LogP contribution in [0.4, 0.5) is 0 Å². The summed E-state index contributed by atoms with van der Waals surface area (Å²) in [5.41, 5.74) is 1.15. The van der Waals surface area contributed by atoms with E-state index >= 15 is 0 Å². The zero-order valence-corrected chi connectivity index (χ0v) is 11.2. The fraction of sp³-hybridized carbons (Fsp3) is 0.600. The van der Waals surface area contributed by atoms with Crippen molar-refractivity contribution in [2.45, 2.75) is 58.5 Å². The van der Waals surface area contributed by atoms with Crippen LogP contribution < -0.4 is 5.32 Å². The minimum atomic E-state index is 0.290. The third-order valence-corrected chi connectivity index (χ3v) is 3.15. The molecule has 0 saturated carbocycles. The number of unbranched alkanes of at least 4 members (excludes halogenated alkanes) is 2. The highest BCUT2D eigenvalue weighted by atomic mass is 16.3. The van der Waals surface area contributed by atoms with Gasteiger partial charge in [-0.15, -0.1) is 0 Å². The average Bonchev–Trinajstić information content (AvgIpc) is 2.29. The summed E-state index contributed by atoms with van der Waals surface area (Å²) in [5, 5.41) is 13.0. The molecule has 2 nitrogen and oxygen atoms in total. The topological polar surface area (TPSA) is 32.3 Å². The standard InChI is InChI=1S/C15H25NO/c1-4-5-6-8-12(2)16-13(3)14-9-7-10-15(17)11-14/h7,9-13,16-17H,4-6,8H2,1-3H3. The SMILES string of the molecule is CCCCCC(C)NC(C)c1cccc(O)c1. The zero-order valence-electron chi connectivity index (χ0n) is 11.2. The van der Waals surface area contributed by atoms with Gasteiger partial charge >= 0.3 is 0 Å². The van der Waals surface area contributed by atoms with Crippen LogP contribution in [0.3, 0.4) is 0 Å². The van der Waals surface area contributed by atoms with Crippen molar-refractivity contribution in [2.24, 2.45) is 0 Å². The summed E-state index contributed by atoms with van der Waals surface area (Å²) in [6.45, 7) is 6.60. The van der Waals surface area contributed by atoms with Gasteiger partial charge in [-0.3, -0.25) is 0 Å². The lowest BCUT2D eigenvalue weighted by atomic mass is 10.1. The Balaban J connectivity index is 2.40. The van der Waals surface area contributed by atoms with Gasteiger partial charge < -0.3 is 10.4 Å². The Hall–Kier alpha value is -1.02. The molecular weight excluding hydrogens is 210 g/mol. The van der Waals surface area contributed by atoms with E-state index in [-0.39, 0.29) is 0 Å². The highest BCUT2D eigenvalue weighted by Gasteiger charge is 2.09. The molecule has 0 saturated heterocycles. The maximum absolute atomic E-state index is 9.44. The van der Waals surface area contributed by atoms with Gasteiger partial charge in [-0.1, -0.05) is 38.3 Å². The first kappa shape index (κ1) is 14.0. The highest BCUT2D eigenvalue weighted by molar-refractivity contribution is 5.29. The molecule has 17 heavy (non-hydrogen) atoms. The molecule has 0 bridgehead atoms. The molecule has 1 aromatic rings. The van der Waals surface area contributed by atoms with Crippen molar-refractivity contribution in [3.63, 3.8) is 0 Å². The van der Waals surface area contributed by atoms with E-state index in [2.05, 4.69) is 32.2 Å². The molecule has 2 atom stereocenters. The molecule has 0 aromatic heterocycles. The first-order valence-electron chi connectivity index (χ1n) is 6.68. The maximum Gasteiger partial charge on any atom is 0.115 e. The summed E-state index contributed by atoms with van der Waals surface area (Å²) in [6, 6.07) is 8.30. The number of hydrogen-bond donors (Lipinski definition) is 2. The van der Waals surface area contributed by atoms with Crippen LogP contribution in [0.5, 0.6) is 5.75 Å². The summed E-state index contributed by atoms with van der Waals surface area (Å²) >= 11 is 0. The summed E-state index contributed by atoms with van der Waals surface area (Å²) in [4.78, 5) is 0. The van der Waals surface area contributed by atoms with Crippen molar-refractivity contribution in [1.29, 1.82) is 0 Å². The lowest BCUT2D eigenvalue weighted by Gasteiger charge is -2.20. The predicted molar refractivity (Wildman–Crippen MR) is 73.3 cm³/mol. The van der Waals surface area contributed by atoms with Crippen molar-refractivity contribution in [1.82, 2.24) is 5.32 Å². The van der Waals surface area contributed by atoms with E-state index in [0.29, 0.717) is 17.8 Å². The average molecular weight is 235 g/mol. The number of phenols is 1. The van der Waals surface area contributed by atoms with Gasteiger partial charge in [0.2, 0.25) is 0 Å². The van der Waals surface area contributed by atoms with Crippen molar-refractivity contribution < 1.29 is 5.11 Å². The number of hydrogen-bond acceptors (Lipinski definition) is 2. The van der Waals surface area contributed by atoms with E-state index in [1.807, 2.05) is 12.1 Å². The van der Waals surface area contributed by atoms with Crippen LogP contribution in [-0.2, 0) is 0 Å². The largest absolute Gasteiger partial charge is 0.508 e. The predicted octanol–water partition coefficient (Wildman–Crippen LogP) is 4.01. The van der Waals surface area contributed by atoms with E-state index in [4.69, 9.17) is 0 Å². The molecule has 0 heterocycles. The Labute approximate surface area is 105 Å². The Morgan fingerprint density at radius 1 is 1.24 bits per heavy atom. The smallest absolute Gasteiger partial charge is 0.115 e. The molecule has 0 spiro atoms. The van der Waals surface area contributed by atoms with E-state index in [0.717, 1.165) is 5.56 Å². The molecule has 0 aliphatic heterocycles. The molecule has 0 radical (unpaired) electrons. The summed E-state index contributed by atoms with van der Waals surface area (Å²) < 4.78 is 0. The van der Waals surface area contributed by atoms with E-state index in [1.54, 1.807) is 6.07 Å².